The predicted octanol–water partition coefficient (Wildman–Crippen LogP) is 3.99. The SMILES string of the molecule is CCCCc1nc(N2C[C@@H]3[C@H](C2)[C@@H]3NC(=O)c2[nH]c(C)c(Cl)c2Cl)sc1C(=O)O. The monoisotopic (exact) mass is 456 g/mol. The van der Waals surface area contributed by atoms with Gasteiger partial charge >= 0.3 is 5.97 Å². The molecule has 7 nitrogen and oxygen atoms in total. The van der Waals surface area contributed by atoms with Gasteiger partial charge in [-0.25, -0.2) is 9.78 Å². The number of carboxylic acids is 1. The fraction of sp³-hybridized carbons (Fsp3) is 0.526. The molecule has 4 rings (SSSR count). The predicted molar refractivity (Wildman–Crippen MR) is 114 cm³/mol. The highest BCUT2D eigenvalue weighted by atomic mass is 35.5. The molecule has 10 heteroatoms. The minimum atomic E-state index is -0.911. The van der Waals surface area contributed by atoms with Gasteiger partial charge in [-0.1, -0.05) is 47.9 Å². The molecule has 1 saturated heterocycles. The van der Waals surface area contributed by atoms with Crippen LogP contribution in [0.5, 0.6) is 0 Å². The maximum Gasteiger partial charge on any atom is 0.347 e. The maximum atomic E-state index is 12.5. The summed E-state index contributed by atoms with van der Waals surface area (Å²) in [5.41, 5.74) is 1.64. The molecule has 1 aliphatic carbocycles. The molecule has 29 heavy (non-hydrogen) atoms. The number of rotatable bonds is 7. The van der Waals surface area contributed by atoms with Crippen LogP contribution in [-0.4, -0.2) is 46.1 Å². The van der Waals surface area contributed by atoms with Gasteiger partial charge < -0.3 is 20.3 Å². The van der Waals surface area contributed by atoms with Gasteiger partial charge in [0.1, 0.15) is 10.6 Å². The average Bonchev–Trinajstić information content (AvgIpc) is 3.07. The minimum Gasteiger partial charge on any atom is -0.477 e. The number of aromatic nitrogens is 2. The number of aromatic carboxylic acids is 1. The highest BCUT2D eigenvalue weighted by Crippen LogP contribution is 2.48. The van der Waals surface area contributed by atoms with E-state index < -0.39 is 5.97 Å². The third-order valence-electron chi connectivity index (χ3n) is 5.69. The fourth-order valence-electron chi connectivity index (χ4n) is 4.00. The van der Waals surface area contributed by atoms with Crippen LogP contribution in [0.1, 0.15) is 51.3 Å². The van der Waals surface area contributed by atoms with Crippen LogP contribution in [-0.2, 0) is 6.42 Å². The molecule has 0 aromatic carbocycles. The summed E-state index contributed by atoms with van der Waals surface area (Å²) in [6.45, 7) is 5.36. The van der Waals surface area contributed by atoms with Gasteiger partial charge in [0.2, 0.25) is 0 Å². The van der Waals surface area contributed by atoms with Gasteiger partial charge in [0.25, 0.3) is 5.91 Å². The van der Waals surface area contributed by atoms with Crippen molar-refractivity contribution in [3.63, 3.8) is 0 Å². The van der Waals surface area contributed by atoms with E-state index >= 15 is 0 Å². The average molecular weight is 457 g/mol. The second-order valence-corrected chi connectivity index (χ2v) is 9.40. The first-order valence-corrected chi connectivity index (χ1v) is 11.2. The fourth-order valence-corrected chi connectivity index (χ4v) is 5.39. The van der Waals surface area contributed by atoms with Crippen LogP contribution in [0, 0.1) is 18.8 Å². The van der Waals surface area contributed by atoms with Crippen molar-refractivity contribution in [2.75, 3.05) is 18.0 Å². The Labute approximate surface area is 182 Å². The molecule has 0 radical (unpaired) electrons. The number of H-pyrrole nitrogens is 1. The maximum absolute atomic E-state index is 12.5. The number of carbonyl (C=O) groups is 2. The Morgan fingerprint density at radius 2 is 2.00 bits per heavy atom. The molecule has 1 amide bonds. The zero-order valence-electron chi connectivity index (χ0n) is 16.1. The molecule has 2 aromatic heterocycles. The lowest BCUT2D eigenvalue weighted by atomic mass is 10.2. The Kier molecular flexibility index (Phi) is 5.52. The molecule has 2 aliphatic rings. The van der Waals surface area contributed by atoms with Crippen molar-refractivity contribution in [1.82, 2.24) is 15.3 Å². The van der Waals surface area contributed by atoms with Gasteiger partial charge in [-0.3, -0.25) is 4.79 Å². The summed E-state index contributed by atoms with van der Waals surface area (Å²) in [5.74, 6) is -0.493. The second kappa shape index (κ2) is 7.81. The summed E-state index contributed by atoms with van der Waals surface area (Å²) < 4.78 is 0. The quantitative estimate of drug-likeness (QED) is 0.584. The van der Waals surface area contributed by atoms with E-state index in [2.05, 4.69) is 27.1 Å². The molecular weight excluding hydrogens is 435 g/mol. The van der Waals surface area contributed by atoms with E-state index in [1.807, 2.05) is 0 Å². The lowest BCUT2D eigenvalue weighted by Gasteiger charge is -2.19. The van der Waals surface area contributed by atoms with Crippen LogP contribution < -0.4 is 10.2 Å². The van der Waals surface area contributed by atoms with Crippen LogP contribution in [0.3, 0.4) is 0 Å². The summed E-state index contributed by atoms with van der Waals surface area (Å²) >= 11 is 13.4. The second-order valence-electron chi connectivity index (χ2n) is 7.67. The van der Waals surface area contributed by atoms with Crippen molar-refractivity contribution < 1.29 is 14.7 Å². The van der Waals surface area contributed by atoms with Gasteiger partial charge in [0.15, 0.2) is 5.13 Å². The Bertz CT molecular complexity index is 961. The molecule has 0 spiro atoms. The number of halogens is 2. The number of nitrogens with zero attached hydrogens (tertiary/aromatic N) is 2. The van der Waals surface area contributed by atoms with E-state index in [0.717, 1.165) is 31.1 Å². The molecule has 3 N–H and O–H groups in total. The summed E-state index contributed by atoms with van der Waals surface area (Å²) in [6.07, 6.45) is 2.61. The minimum absolute atomic E-state index is 0.0932. The van der Waals surface area contributed by atoms with Crippen molar-refractivity contribution in [3.05, 3.63) is 32.0 Å². The lowest BCUT2D eigenvalue weighted by Crippen LogP contribution is -2.34. The number of aryl methyl sites for hydroxylation is 2. The number of anilines is 1. The van der Waals surface area contributed by atoms with Crippen molar-refractivity contribution in [3.8, 4) is 0 Å². The molecule has 2 fully saturated rings. The standard InChI is InChI=1S/C19H22Cl2N4O3S/c1-3-4-5-11-16(18(27)28)29-19(23-11)25-6-9-10(7-25)14(9)24-17(26)15-13(21)12(20)8(2)22-15/h9-10,14,22H,3-7H2,1-2H3,(H,24,26)(H,27,28)/t9-,10+,14-. The summed E-state index contributed by atoms with van der Waals surface area (Å²) in [5, 5.41) is 13.9. The number of fused-ring (bicyclic) bond motifs is 1. The summed E-state index contributed by atoms with van der Waals surface area (Å²) in [4.78, 5) is 34.0. The zero-order chi connectivity index (χ0) is 20.9. The highest BCUT2D eigenvalue weighted by Gasteiger charge is 2.57. The van der Waals surface area contributed by atoms with Gasteiger partial charge in [-0.2, -0.15) is 0 Å². The third kappa shape index (κ3) is 3.73. The summed E-state index contributed by atoms with van der Waals surface area (Å²) in [6, 6.07) is 0.0932. The van der Waals surface area contributed by atoms with Crippen molar-refractivity contribution in [2.45, 2.75) is 39.2 Å². The number of carboxylic acid groups (broad SMARTS) is 1. The Morgan fingerprint density at radius 1 is 1.31 bits per heavy atom. The lowest BCUT2D eigenvalue weighted by molar-refractivity contribution is 0.0700. The number of aromatic amines is 1. The first-order chi connectivity index (χ1) is 13.8. The molecule has 1 saturated carbocycles. The molecule has 0 unspecified atom stereocenters. The topological polar surface area (TPSA) is 98.3 Å². The van der Waals surface area contributed by atoms with Gasteiger partial charge in [-0.05, 0) is 19.8 Å². The van der Waals surface area contributed by atoms with Crippen LogP contribution in [0.4, 0.5) is 5.13 Å². The first kappa shape index (κ1) is 20.5. The molecule has 3 atom stereocenters. The Morgan fingerprint density at radius 3 is 2.55 bits per heavy atom. The van der Waals surface area contributed by atoms with Crippen molar-refractivity contribution in [2.24, 2.45) is 11.8 Å². The Balaban J connectivity index is 1.38. The van der Waals surface area contributed by atoms with E-state index in [1.54, 1.807) is 6.92 Å². The first-order valence-electron chi connectivity index (χ1n) is 9.64. The molecule has 0 bridgehead atoms. The number of amides is 1. The van der Waals surface area contributed by atoms with E-state index in [1.165, 1.54) is 11.3 Å². The smallest absolute Gasteiger partial charge is 0.347 e. The van der Waals surface area contributed by atoms with Gasteiger partial charge in [0.05, 0.1) is 15.7 Å². The highest BCUT2D eigenvalue weighted by molar-refractivity contribution is 7.17. The number of nitrogens with one attached hydrogen (secondary N) is 2. The van der Waals surface area contributed by atoms with E-state index in [-0.39, 0.29) is 17.0 Å². The largest absolute Gasteiger partial charge is 0.477 e. The van der Waals surface area contributed by atoms with E-state index in [9.17, 15) is 14.7 Å². The number of carbonyl (C=O) groups excluding carboxylic acids is 1. The zero-order valence-corrected chi connectivity index (χ0v) is 18.4. The van der Waals surface area contributed by atoms with Crippen LogP contribution >= 0.6 is 34.5 Å². The normalized spacial score (nSPS) is 22.6. The molecular formula is C19H22Cl2N4O3S. The van der Waals surface area contributed by atoms with Crippen LogP contribution in [0.2, 0.25) is 10.0 Å². The number of thiazole rings is 1. The third-order valence-corrected chi connectivity index (χ3v) is 7.78. The molecule has 2 aromatic rings. The molecule has 1 aliphatic heterocycles. The molecule has 156 valence electrons. The van der Waals surface area contributed by atoms with Crippen LogP contribution in [0.15, 0.2) is 0 Å². The van der Waals surface area contributed by atoms with E-state index in [0.29, 0.717) is 45.2 Å². The van der Waals surface area contributed by atoms with Crippen LogP contribution in [0.25, 0.3) is 0 Å². The molecule has 3 heterocycles. The van der Waals surface area contributed by atoms with Gasteiger partial charge in [-0.15, -0.1) is 0 Å². The Hall–Kier alpha value is -1.77. The number of piperidine rings is 1. The number of hydrogen-bond acceptors (Lipinski definition) is 5. The van der Waals surface area contributed by atoms with Crippen molar-refractivity contribution >= 4 is 51.5 Å². The van der Waals surface area contributed by atoms with E-state index in [4.69, 9.17) is 23.2 Å². The van der Waals surface area contributed by atoms with Gasteiger partial charge in [0, 0.05) is 36.7 Å². The number of hydrogen-bond donors (Lipinski definition) is 3. The number of unbranched alkanes of at least 4 members (excludes halogenated alkanes) is 1. The van der Waals surface area contributed by atoms with Crippen molar-refractivity contribution in [1.29, 1.82) is 0 Å². The summed E-state index contributed by atoms with van der Waals surface area (Å²) in [7, 11) is 0.